The van der Waals surface area contributed by atoms with Gasteiger partial charge in [-0.2, -0.15) is 0 Å². The Morgan fingerprint density at radius 1 is 1.00 bits per heavy atom. The highest BCUT2D eigenvalue weighted by Crippen LogP contribution is 2.29. The normalized spacial score (nSPS) is 12.9. The van der Waals surface area contributed by atoms with E-state index in [1.807, 2.05) is 48.5 Å². The third-order valence-electron chi connectivity index (χ3n) is 4.43. The molecule has 1 N–H and O–H groups in total. The number of methoxy groups -OCH3 is 1. The standard InChI is InChI=1S/C23H24O6S/c1-27-23(25)14-29-22-12-6-10-20-17(7-5-11-21(20)22)15-30(26)16-18(24)13-28-19-8-3-2-4-9-19/h2-12,18,24H,13-16H2,1H3. The van der Waals surface area contributed by atoms with E-state index in [2.05, 4.69) is 4.74 Å². The third-order valence-corrected chi connectivity index (χ3v) is 5.82. The molecule has 2 unspecified atom stereocenters. The van der Waals surface area contributed by atoms with Gasteiger partial charge in [0.05, 0.1) is 7.11 Å². The monoisotopic (exact) mass is 428 g/mol. The van der Waals surface area contributed by atoms with Gasteiger partial charge in [0.25, 0.3) is 0 Å². The highest BCUT2D eigenvalue weighted by molar-refractivity contribution is 7.90. The number of aliphatic hydroxyl groups is 1. The molecule has 0 aromatic heterocycles. The summed E-state index contributed by atoms with van der Waals surface area (Å²) in [6.45, 7) is -0.101. The molecule has 3 aromatic carbocycles. The molecule has 0 saturated heterocycles. The predicted octanol–water partition coefficient (Wildman–Crippen LogP) is 3.08. The molecule has 0 aliphatic rings. The first-order valence-corrected chi connectivity index (χ1v) is 11.0. The number of benzene rings is 3. The largest absolute Gasteiger partial charge is 0.616 e. The van der Waals surface area contributed by atoms with Crippen molar-refractivity contribution in [1.29, 1.82) is 0 Å². The summed E-state index contributed by atoms with van der Waals surface area (Å²) in [5, 5.41) is 11.9. The Morgan fingerprint density at radius 3 is 2.50 bits per heavy atom. The van der Waals surface area contributed by atoms with Crippen molar-refractivity contribution < 1.29 is 28.7 Å². The Balaban J connectivity index is 1.62. The highest BCUT2D eigenvalue weighted by Gasteiger charge is 2.18. The van der Waals surface area contributed by atoms with Gasteiger partial charge < -0.3 is 23.9 Å². The molecular formula is C23H24O6S. The second-order valence-electron chi connectivity index (χ2n) is 6.66. The van der Waals surface area contributed by atoms with E-state index in [0.29, 0.717) is 17.3 Å². The molecule has 2 atom stereocenters. The summed E-state index contributed by atoms with van der Waals surface area (Å²) >= 11 is -1.28. The van der Waals surface area contributed by atoms with Gasteiger partial charge in [-0.25, -0.2) is 4.79 Å². The number of esters is 1. The Bertz CT molecular complexity index is 962. The zero-order chi connectivity index (χ0) is 21.3. The van der Waals surface area contributed by atoms with Crippen LogP contribution in [-0.4, -0.2) is 47.8 Å². The molecule has 0 aliphatic heterocycles. The van der Waals surface area contributed by atoms with Crippen LogP contribution in [0.2, 0.25) is 0 Å². The summed E-state index contributed by atoms with van der Waals surface area (Å²) in [6.07, 6.45) is -0.833. The van der Waals surface area contributed by atoms with Crippen LogP contribution in [0, 0.1) is 0 Å². The molecule has 3 rings (SSSR count). The van der Waals surface area contributed by atoms with Gasteiger partial charge in [-0.15, -0.1) is 0 Å². The number of hydrogen-bond donors (Lipinski definition) is 1. The number of aliphatic hydroxyl groups excluding tert-OH is 1. The average Bonchev–Trinajstić information content (AvgIpc) is 2.77. The number of ether oxygens (including phenoxy) is 3. The van der Waals surface area contributed by atoms with Gasteiger partial charge in [-0.1, -0.05) is 48.5 Å². The Hall–Kier alpha value is -2.74. The first-order valence-electron chi connectivity index (χ1n) is 9.48. The molecule has 30 heavy (non-hydrogen) atoms. The van der Waals surface area contributed by atoms with Crippen LogP contribution < -0.4 is 9.47 Å². The fourth-order valence-electron chi connectivity index (χ4n) is 3.00. The lowest BCUT2D eigenvalue weighted by molar-refractivity contribution is -0.142. The number of fused-ring (bicyclic) bond motifs is 1. The van der Waals surface area contributed by atoms with Crippen molar-refractivity contribution in [3.63, 3.8) is 0 Å². The van der Waals surface area contributed by atoms with Crippen LogP contribution >= 0.6 is 0 Å². The van der Waals surface area contributed by atoms with Gasteiger partial charge in [0.15, 0.2) is 6.61 Å². The van der Waals surface area contributed by atoms with Crippen molar-refractivity contribution in [2.45, 2.75) is 11.9 Å². The van der Waals surface area contributed by atoms with Crippen LogP contribution in [0.3, 0.4) is 0 Å². The molecule has 0 radical (unpaired) electrons. The van der Waals surface area contributed by atoms with E-state index in [0.717, 1.165) is 16.3 Å². The van der Waals surface area contributed by atoms with E-state index in [1.165, 1.54) is 7.11 Å². The number of para-hydroxylation sites is 1. The van der Waals surface area contributed by atoms with Gasteiger partial charge in [0.1, 0.15) is 35.7 Å². The van der Waals surface area contributed by atoms with E-state index in [9.17, 15) is 14.5 Å². The molecule has 158 valence electrons. The molecule has 0 spiro atoms. The van der Waals surface area contributed by atoms with Crippen LogP contribution in [-0.2, 0) is 26.5 Å². The predicted molar refractivity (Wildman–Crippen MR) is 116 cm³/mol. The fourth-order valence-corrected chi connectivity index (χ4v) is 4.24. The zero-order valence-corrected chi connectivity index (χ0v) is 17.5. The highest BCUT2D eigenvalue weighted by atomic mass is 32.2. The van der Waals surface area contributed by atoms with E-state index in [4.69, 9.17) is 9.47 Å². The number of rotatable bonds is 10. The SMILES string of the molecule is COC(=O)COc1cccc2c(C[S+]([O-])CC(O)COc3ccccc3)cccc12. The topological polar surface area (TPSA) is 88.1 Å². The minimum Gasteiger partial charge on any atom is -0.616 e. The maximum Gasteiger partial charge on any atom is 0.343 e. The van der Waals surface area contributed by atoms with Crippen molar-refractivity contribution in [2.75, 3.05) is 26.1 Å². The molecule has 7 heteroatoms. The third kappa shape index (κ3) is 6.13. The fraction of sp³-hybridized carbons (Fsp3) is 0.261. The summed E-state index contributed by atoms with van der Waals surface area (Å²) in [7, 11) is 1.31. The number of carbonyl (C=O) groups is 1. The second-order valence-corrected chi connectivity index (χ2v) is 8.16. The molecular weight excluding hydrogens is 404 g/mol. The Labute approximate surface area is 178 Å². The lowest BCUT2D eigenvalue weighted by Gasteiger charge is -2.17. The summed E-state index contributed by atoms with van der Waals surface area (Å²) in [6, 6.07) is 20.4. The first-order chi connectivity index (χ1) is 14.6. The van der Waals surface area contributed by atoms with Crippen molar-refractivity contribution in [2.24, 2.45) is 0 Å². The number of carbonyl (C=O) groups excluding carboxylic acids is 1. The molecule has 0 heterocycles. The van der Waals surface area contributed by atoms with E-state index < -0.39 is 23.2 Å². The van der Waals surface area contributed by atoms with Crippen molar-refractivity contribution >= 4 is 27.9 Å². The van der Waals surface area contributed by atoms with Crippen LogP contribution in [0.4, 0.5) is 0 Å². The smallest absolute Gasteiger partial charge is 0.343 e. The molecule has 0 aliphatic carbocycles. The quantitative estimate of drug-likeness (QED) is 0.394. The maximum atomic E-state index is 12.6. The minimum atomic E-state index is -1.28. The molecule has 0 saturated carbocycles. The van der Waals surface area contributed by atoms with E-state index in [-0.39, 0.29) is 19.0 Å². The summed E-state index contributed by atoms with van der Waals surface area (Å²) in [5.41, 5.74) is 0.880. The Kier molecular flexibility index (Phi) is 7.96. The summed E-state index contributed by atoms with van der Waals surface area (Å²) in [5.74, 6) is 1.16. The van der Waals surface area contributed by atoms with Crippen molar-refractivity contribution in [1.82, 2.24) is 0 Å². The van der Waals surface area contributed by atoms with Gasteiger partial charge in [-0.05, 0) is 34.8 Å². The lowest BCUT2D eigenvalue weighted by atomic mass is 10.0. The van der Waals surface area contributed by atoms with E-state index in [1.54, 1.807) is 18.2 Å². The van der Waals surface area contributed by atoms with Crippen LogP contribution in [0.25, 0.3) is 10.8 Å². The van der Waals surface area contributed by atoms with Crippen LogP contribution in [0.5, 0.6) is 11.5 Å². The van der Waals surface area contributed by atoms with Gasteiger partial charge in [0, 0.05) is 10.9 Å². The minimum absolute atomic E-state index is 0.0802. The average molecular weight is 429 g/mol. The summed E-state index contributed by atoms with van der Waals surface area (Å²) in [4.78, 5) is 11.4. The van der Waals surface area contributed by atoms with Gasteiger partial charge in [-0.3, -0.25) is 0 Å². The molecule has 0 bridgehead atoms. The Morgan fingerprint density at radius 2 is 1.73 bits per heavy atom. The van der Waals surface area contributed by atoms with Crippen LogP contribution in [0.1, 0.15) is 5.56 Å². The molecule has 6 nitrogen and oxygen atoms in total. The first kappa shape index (κ1) is 22.0. The van der Waals surface area contributed by atoms with Gasteiger partial charge >= 0.3 is 5.97 Å². The summed E-state index contributed by atoms with van der Waals surface area (Å²) < 4.78 is 28.3. The number of hydrogen-bond acceptors (Lipinski definition) is 6. The van der Waals surface area contributed by atoms with Crippen LogP contribution in [0.15, 0.2) is 66.7 Å². The van der Waals surface area contributed by atoms with E-state index >= 15 is 0 Å². The van der Waals surface area contributed by atoms with Gasteiger partial charge in [0.2, 0.25) is 0 Å². The van der Waals surface area contributed by atoms with Crippen molar-refractivity contribution in [3.05, 3.63) is 72.3 Å². The molecule has 3 aromatic rings. The second kappa shape index (κ2) is 10.9. The van der Waals surface area contributed by atoms with Crippen molar-refractivity contribution in [3.8, 4) is 11.5 Å². The maximum absolute atomic E-state index is 12.6. The zero-order valence-electron chi connectivity index (χ0n) is 16.7. The lowest BCUT2D eigenvalue weighted by Crippen LogP contribution is -2.27. The molecule has 0 fully saturated rings. The molecule has 0 amide bonds.